The van der Waals surface area contributed by atoms with E-state index in [0.717, 1.165) is 28.5 Å². The lowest BCUT2D eigenvalue weighted by molar-refractivity contribution is 0.627. The summed E-state index contributed by atoms with van der Waals surface area (Å²) in [6.07, 6.45) is 5.69. The minimum atomic E-state index is -0.277. The average Bonchev–Trinajstić information content (AvgIpc) is 3.17. The highest BCUT2D eigenvalue weighted by atomic mass is 35.5. The number of halogens is 3. The van der Waals surface area contributed by atoms with Gasteiger partial charge in [-0.25, -0.2) is 13.8 Å². The molecule has 0 fully saturated rings. The summed E-state index contributed by atoms with van der Waals surface area (Å²) in [5, 5.41) is 3.89. The van der Waals surface area contributed by atoms with Gasteiger partial charge in [-0.05, 0) is 72.3 Å². The monoisotopic (exact) mass is 421 g/mol. The SMILES string of the molecule is Fc1ccc(/C=C/c2nc(CNc3ccc(F)cc3)cn2-c2ccc(Cl)cc2)cc1. The lowest BCUT2D eigenvalue weighted by atomic mass is 10.2. The minimum Gasteiger partial charge on any atom is -0.379 e. The van der Waals surface area contributed by atoms with E-state index in [-0.39, 0.29) is 11.6 Å². The molecule has 0 bridgehead atoms. The Morgan fingerprint density at radius 1 is 0.833 bits per heavy atom. The maximum absolute atomic E-state index is 13.1. The van der Waals surface area contributed by atoms with E-state index in [4.69, 9.17) is 16.6 Å². The highest BCUT2D eigenvalue weighted by Gasteiger charge is 2.08. The molecule has 0 aliphatic carbocycles. The fourth-order valence-corrected chi connectivity index (χ4v) is 3.09. The maximum Gasteiger partial charge on any atom is 0.137 e. The number of nitrogens with zero attached hydrogens (tertiary/aromatic N) is 2. The van der Waals surface area contributed by atoms with Crippen LogP contribution in [-0.4, -0.2) is 9.55 Å². The predicted molar refractivity (Wildman–Crippen MR) is 118 cm³/mol. The summed E-state index contributed by atoms with van der Waals surface area (Å²) in [6, 6.07) is 19.9. The molecule has 0 amide bonds. The van der Waals surface area contributed by atoms with Crippen LogP contribution >= 0.6 is 11.6 Å². The largest absolute Gasteiger partial charge is 0.379 e. The maximum atomic E-state index is 13.1. The van der Waals surface area contributed by atoms with Gasteiger partial charge in [-0.2, -0.15) is 0 Å². The molecule has 3 nitrogen and oxygen atoms in total. The number of imidazole rings is 1. The Hall–Kier alpha value is -3.44. The zero-order chi connectivity index (χ0) is 20.9. The van der Waals surface area contributed by atoms with Gasteiger partial charge in [0.2, 0.25) is 0 Å². The van der Waals surface area contributed by atoms with Gasteiger partial charge in [-0.3, -0.25) is 4.57 Å². The molecule has 1 aromatic heterocycles. The van der Waals surface area contributed by atoms with Gasteiger partial charge in [0.1, 0.15) is 17.5 Å². The van der Waals surface area contributed by atoms with Crippen molar-refractivity contribution in [2.45, 2.75) is 6.54 Å². The van der Waals surface area contributed by atoms with E-state index in [1.165, 1.54) is 24.3 Å². The number of hydrogen-bond donors (Lipinski definition) is 1. The topological polar surface area (TPSA) is 29.9 Å². The van der Waals surface area contributed by atoms with Crippen LogP contribution in [0.1, 0.15) is 17.1 Å². The van der Waals surface area contributed by atoms with E-state index in [1.807, 2.05) is 47.2 Å². The molecule has 0 atom stereocenters. The molecular formula is C24H18ClF2N3. The van der Waals surface area contributed by atoms with Gasteiger partial charge in [0.05, 0.1) is 12.2 Å². The molecule has 0 aliphatic rings. The van der Waals surface area contributed by atoms with Crippen LogP contribution in [0.15, 0.2) is 79.0 Å². The van der Waals surface area contributed by atoms with Crippen molar-refractivity contribution in [1.29, 1.82) is 0 Å². The standard InChI is InChI=1S/C24H18ClF2N3/c25-18-4-12-23(13-5-18)30-16-22(15-28-21-10-8-20(27)9-11-21)29-24(30)14-3-17-1-6-19(26)7-2-17/h1-14,16,28H,15H2/b14-3+. The van der Waals surface area contributed by atoms with Gasteiger partial charge in [0, 0.05) is 22.6 Å². The highest BCUT2D eigenvalue weighted by molar-refractivity contribution is 6.30. The highest BCUT2D eigenvalue weighted by Crippen LogP contribution is 2.19. The summed E-state index contributed by atoms with van der Waals surface area (Å²) < 4.78 is 28.2. The van der Waals surface area contributed by atoms with Crippen LogP contribution in [0.4, 0.5) is 14.5 Å². The molecule has 0 unspecified atom stereocenters. The second-order valence-corrected chi connectivity index (χ2v) is 7.12. The molecule has 150 valence electrons. The molecule has 6 heteroatoms. The van der Waals surface area contributed by atoms with E-state index in [9.17, 15) is 8.78 Å². The molecule has 0 spiro atoms. The Morgan fingerprint density at radius 2 is 1.47 bits per heavy atom. The van der Waals surface area contributed by atoms with Crippen molar-refractivity contribution in [3.05, 3.63) is 113 Å². The summed E-state index contributed by atoms with van der Waals surface area (Å²) in [5.74, 6) is 0.169. The smallest absolute Gasteiger partial charge is 0.137 e. The predicted octanol–water partition coefficient (Wildman–Crippen LogP) is 6.59. The van der Waals surface area contributed by atoms with E-state index < -0.39 is 0 Å². The normalized spacial score (nSPS) is 11.2. The van der Waals surface area contributed by atoms with Gasteiger partial charge < -0.3 is 5.32 Å². The van der Waals surface area contributed by atoms with Crippen LogP contribution in [0.3, 0.4) is 0 Å². The second kappa shape index (κ2) is 8.93. The Labute approximate surface area is 178 Å². The lowest BCUT2D eigenvalue weighted by Gasteiger charge is -2.05. The van der Waals surface area contributed by atoms with Crippen molar-refractivity contribution in [2.75, 3.05) is 5.32 Å². The Kier molecular flexibility index (Phi) is 5.91. The fourth-order valence-electron chi connectivity index (χ4n) is 2.96. The van der Waals surface area contributed by atoms with Crippen molar-refractivity contribution in [2.24, 2.45) is 0 Å². The molecule has 4 rings (SSSR count). The molecule has 30 heavy (non-hydrogen) atoms. The summed E-state index contributed by atoms with van der Waals surface area (Å²) in [7, 11) is 0. The molecule has 1 heterocycles. The molecule has 1 N–H and O–H groups in total. The van der Waals surface area contributed by atoms with Crippen LogP contribution < -0.4 is 5.32 Å². The van der Waals surface area contributed by atoms with Crippen LogP contribution in [0.5, 0.6) is 0 Å². The molecular weight excluding hydrogens is 404 g/mol. The first-order valence-electron chi connectivity index (χ1n) is 9.34. The molecule has 0 aliphatic heterocycles. The Balaban J connectivity index is 1.61. The fraction of sp³-hybridized carbons (Fsp3) is 0.0417. The number of aromatic nitrogens is 2. The molecule has 4 aromatic rings. The minimum absolute atomic E-state index is 0.274. The summed E-state index contributed by atoms with van der Waals surface area (Å²) in [5.41, 5.74) is 3.40. The van der Waals surface area contributed by atoms with Crippen LogP contribution in [0, 0.1) is 11.6 Å². The van der Waals surface area contributed by atoms with Crippen molar-refractivity contribution in [1.82, 2.24) is 9.55 Å². The van der Waals surface area contributed by atoms with Gasteiger partial charge >= 0.3 is 0 Å². The van der Waals surface area contributed by atoms with Gasteiger partial charge in [-0.1, -0.05) is 29.8 Å². The number of benzene rings is 3. The first-order chi connectivity index (χ1) is 14.6. The van der Waals surface area contributed by atoms with Crippen molar-refractivity contribution in [3.63, 3.8) is 0 Å². The summed E-state index contributed by atoms with van der Waals surface area (Å²) >= 11 is 6.02. The molecule has 0 saturated heterocycles. The zero-order valence-electron chi connectivity index (χ0n) is 15.9. The van der Waals surface area contributed by atoms with Crippen LogP contribution in [-0.2, 0) is 6.54 Å². The van der Waals surface area contributed by atoms with Crippen molar-refractivity contribution >= 4 is 29.4 Å². The third-order valence-corrected chi connectivity index (χ3v) is 4.75. The number of rotatable bonds is 6. The van der Waals surface area contributed by atoms with Gasteiger partial charge in [-0.15, -0.1) is 0 Å². The third kappa shape index (κ3) is 4.93. The second-order valence-electron chi connectivity index (χ2n) is 6.68. The number of hydrogen-bond acceptors (Lipinski definition) is 2. The van der Waals surface area contributed by atoms with Crippen LogP contribution in [0.25, 0.3) is 17.8 Å². The Bertz CT molecular complexity index is 1150. The molecule has 0 radical (unpaired) electrons. The quantitative estimate of drug-likeness (QED) is 0.380. The van der Waals surface area contributed by atoms with E-state index in [0.29, 0.717) is 11.6 Å². The van der Waals surface area contributed by atoms with Gasteiger partial charge in [0.15, 0.2) is 0 Å². The average molecular weight is 422 g/mol. The molecule has 3 aromatic carbocycles. The first-order valence-corrected chi connectivity index (χ1v) is 9.72. The first kappa shape index (κ1) is 19.9. The van der Waals surface area contributed by atoms with Crippen molar-refractivity contribution < 1.29 is 8.78 Å². The molecule has 0 saturated carbocycles. The summed E-state index contributed by atoms with van der Waals surface area (Å²) in [6.45, 7) is 0.476. The van der Waals surface area contributed by atoms with E-state index >= 15 is 0 Å². The number of anilines is 1. The lowest BCUT2D eigenvalue weighted by Crippen LogP contribution is -1.99. The number of nitrogens with one attached hydrogen (secondary N) is 1. The van der Waals surface area contributed by atoms with E-state index in [2.05, 4.69) is 5.32 Å². The van der Waals surface area contributed by atoms with Gasteiger partial charge in [0.25, 0.3) is 0 Å². The Morgan fingerprint density at radius 3 is 2.13 bits per heavy atom. The van der Waals surface area contributed by atoms with Crippen LogP contribution in [0.2, 0.25) is 5.02 Å². The summed E-state index contributed by atoms with van der Waals surface area (Å²) in [4.78, 5) is 4.71. The van der Waals surface area contributed by atoms with E-state index in [1.54, 1.807) is 24.3 Å². The zero-order valence-corrected chi connectivity index (χ0v) is 16.7. The third-order valence-electron chi connectivity index (χ3n) is 4.50. The van der Waals surface area contributed by atoms with Crippen molar-refractivity contribution in [3.8, 4) is 5.69 Å².